The Morgan fingerprint density at radius 2 is 0.667 bits per heavy atom. The molecule has 6 aromatic rings. The Morgan fingerprint density at radius 1 is 0.333 bits per heavy atom. The van der Waals surface area contributed by atoms with E-state index in [0.717, 1.165) is 11.1 Å². The SMILES string of the molecule is O=C(c1ccccc1)c1cc(C(=O)c2ccccc2)c(-c2ccccc2)c(-c2ccccc2)c1C(=O)c1ccccc1. The first-order valence-electron chi connectivity index (χ1n) is 13.7. The first-order valence-corrected chi connectivity index (χ1v) is 13.7. The van der Waals surface area contributed by atoms with Crippen molar-refractivity contribution in [1.82, 2.24) is 0 Å². The van der Waals surface area contributed by atoms with Crippen molar-refractivity contribution in [3.05, 3.63) is 191 Å². The lowest BCUT2D eigenvalue weighted by atomic mass is 9.78. The zero-order chi connectivity index (χ0) is 28.9. The second-order valence-electron chi connectivity index (χ2n) is 9.91. The molecule has 0 spiro atoms. The van der Waals surface area contributed by atoms with Crippen molar-refractivity contribution >= 4 is 17.3 Å². The summed E-state index contributed by atoms with van der Waals surface area (Å²) in [5.74, 6) is -0.842. The molecule has 3 nitrogen and oxygen atoms in total. The van der Waals surface area contributed by atoms with E-state index < -0.39 is 0 Å². The summed E-state index contributed by atoms with van der Waals surface area (Å²) in [5, 5.41) is 0. The molecule has 0 bridgehead atoms. The monoisotopic (exact) mass is 542 g/mol. The van der Waals surface area contributed by atoms with E-state index in [0.29, 0.717) is 33.4 Å². The predicted octanol–water partition coefficient (Wildman–Crippen LogP) is 8.71. The molecule has 6 rings (SSSR count). The van der Waals surface area contributed by atoms with Crippen molar-refractivity contribution in [2.75, 3.05) is 0 Å². The van der Waals surface area contributed by atoms with Crippen LogP contribution in [0.4, 0.5) is 0 Å². The van der Waals surface area contributed by atoms with Gasteiger partial charge in [-0.05, 0) is 17.2 Å². The van der Waals surface area contributed by atoms with Crippen LogP contribution in [0.2, 0.25) is 0 Å². The molecule has 0 aliphatic carbocycles. The van der Waals surface area contributed by atoms with Crippen LogP contribution in [-0.4, -0.2) is 17.3 Å². The van der Waals surface area contributed by atoms with Crippen LogP contribution in [0.5, 0.6) is 0 Å². The summed E-state index contributed by atoms with van der Waals surface area (Å²) in [6.07, 6.45) is 0. The van der Waals surface area contributed by atoms with Crippen molar-refractivity contribution in [3.8, 4) is 22.3 Å². The van der Waals surface area contributed by atoms with Crippen LogP contribution in [-0.2, 0) is 0 Å². The number of carbonyl (C=O) groups is 3. The minimum atomic E-state index is -0.325. The first kappa shape index (κ1) is 26.5. The van der Waals surface area contributed by atoms with Crippen molar-refractivity contribution in [3.63, 3.8) is 0 Å². The maximum Gasteiger partial charge on any atom is 0.194 e. The quantitative estimate of drug-likeness (QED) is 0.181. The molecule has 200 valence electrons. The lowest BCUT2D eigenvalue weighted by Crippen LogP contribution is -2.17. The third-order valence-corrected chi connectivity index (χ3v) is 7.28. The standard InChI is InChI=1S/C39H26O3/c40-37(29-20-10-3-11-21-29)32-26-33(38(41)30-22-12-4-13-23-30)36(39(42)31-24-14-5-15-25-31)35(28-18-8-2-9-19-28)34(32)27-16-6-1-7-17-27/h1-26H. The van der Waals surface area contributed by atoms with Gasteiger partial charge in [0.25, 0.3) is 0 Å². The van der Waals surface area contributed by atoms with Gasteiger partial charge in [0, 0.05) is 44.5 Å². The summed E-state index contributed by atoms with van der Waals surface area (Å²) in [5.41, 5.74) is 4.87. The van der Waals surface area contributed by atoms with Gasteiger partial charge >= 0.3 is 0 Å². The summed E-state index contributed by atoms with van der Waals surface area (Å²) in [7, 11) is 0. The van der Waals surface area contributed by atoms with Crippen molar-refractivity contribution in [1.29, 1.82) is 0 Å². The molecule has 0 saturated carbocycles. The van der Waals surface area contributed by atoms with Crippen LogP contribution in [0.1, 0.15) is 47.8 Å². The third kappa shape index (κ3) is 5.12. The molecule has 6 aromatic carbocycles. The Kier molecular flexibility index (Phi) is 7.48. The highest BCUT2D eigenvalue weighted by Gasteiger charge is 2.31. The Bertz CT molecular complexity index is 1880. The van der Waals surface area contributed by atoms with Crippen LogP contribution in [0.3, 0.4) is 0 Å². The van der Waals surface area contributed by atoms with E-state index in [1.165, 1.54) is 0 Å². The summed E-state index contributed by atoms with van der Waals surface area (Å²) >= 11 is 0. The molecule has 0 aromatic heterocycles. The number of benzene rings is 6. The molecule has 0 atom stereocenters. The minimum Gasteiger partial charge on any atom is -0.289 e. The van der Waals surface area contributed by atoms with Crippen LogP contribution in [0.25, 0.3) is 22.3 Å². The Hall–Kier alpha value is -5.67. The number of carbonyl (C=O) groups excluding carboxylic acids is 3. The fraction of sp³-hybridized carbons (Fsp3) is 0. The van der Waals surface area contributed by atoms with Crippen molar-refractivity contribution in [2.24, 2.45) is 0 Å². The van der Waals surface area contributed by atoms with Gasteiger partial charge in [0.15, 0.2) is 17.3 Å². The Balaban J connectivity index is 1.78. The average Bonchev–Trinajstić information content (AvgIpc) is 3.08. The molecule has 0 saturated heterocycles. The predicted molar refractivity (Wildman–Crippen MR) is 167 cm³/mol. The zero-order valence-electron chi connectivity index (χ0n) is 22.7. The third-order valence-electron chi connectivity index (χ3n) is 7.28. The van der Waals surface area contributed by atoms with E-state index in [4.69, 9.17) is 0 Å². The molecule has 0 N–H and O–H groups in total. The average molecular weight is 543 g/mol. The molecule has 0 amide bonds. The van der Waals surface area contributed by atoms with E-state index in [2.05, 4.69) is 0 Å². The van der Waals surface area contributed by atoms with Gasteiger partial charge in [-0.3, -0.25) is 14.4 Å². The molecular weight excluding hydrogens is 516 g/mol. The fourth-order valence-corrected chi connectivity index (χ4v) is 5.30. The lowest BCUT2D eigenvalue weighted by molar-refractivity contribution is 0.100. The summed E-state index contributed by atoms with van der Waals surface area (Å²) < 4.78 is 0. The van der Waals surface area contributed by atoms with Gasteiger partial charge in [-0.1, -0.05) is 152 Å². The molecule has 0 unspecified atom stereocenters. The highest BCUT2D eigenvalue weighted by molar-refractivity contribution is 6.26. The smallest absolute Gasteiger partial charge is 0.194 e. The van der Waals surface area contributed by atoms with E-state index in [-0.39, 0.29) is 28.5 Å². The number of ketones is 3. The van der Waals surface area contributed by atoms with Gasteiger partial charge in [0.05, 0.1) is 0 Å². The molecule has 3 heteroatoms. The van der Waals surface area contributed by atoms with Crippen LogP contribution in [0.15, 0.2) is 158 Å². The molecule has 0 radical (unpaired) electrons. The van der Waals surface area contributed by atoms with Gasteiger partial charge < -0.3 is 0 Å². The van der Waals surface area contributed by atoms with E-state index in [1.807, 2.05) is 91.0 Å². The molecule has 42 heavy (non-hydrogen) atoms. The summed E-state index contributed by atoms with van der Waals surface area (Å²) in [6.45, 7) is 0. The van der Waals surface area contributed by atoms with E-state index in [1.54, 1.807) is 66.7 Å². The summed E-state index contributed by atoms with van der Waals surface area (Å²) in [4.78, 5) is 43.1. The lowest BCUT2D eigenvalue weighted by Gasteiger charge is -2.22. The number of rotatable bonds is 8. The maximum absolute atomic E-state index is 14.5. The van der Waals surface area contributed by atoms with Crippen LogP contribution >= 0.6 is 0 Å². The molecular formula is C39H26O3. The molecule has 0 aliphatic rings. The van der Waals surface area contributed by atoms with Gasteiger partial charge in [-0.2, -0.15) is 0 Å². The first-order chi connectivity index (χ1) is 20.6. The molecule has 0 heterocycles. The van der Waals surface area contributed by atoms with E-state index in [9.17, 15) is 14.4 Å². The van der Waals surface area contributed by atoms with Gasteiger partial charge in [-0.25, -0.2) is 0 Å². The fourth-order valence-electron chi connectivity index (χ4n) is 5.30. The van der Waals surface area contributed by atoms with Gasteiger partial charge in [0.2, 0.25) is 0 Å². The number of hydrogen-bond acceptors (Lipinski definition) is 3. The zero-order valence-corrected chi connectivity index (χ0v) is 22.7. The normalized spacial score (nSPS) is 10.7. The topological polar surface area (TPSA) is 51.2 Å². The minimum absolute atomic E-state index is 0.188. The highest BCUT2D eigenvalue weighted by atomic mass is 16.1. The Morgan fingerprint density at radius 3 is 1.10 bits per heavy atom. The molecule has 0 aliphatic heterocycles. The Labute approximate surface area is 244 Å². The summed E-state index contributed by atoms with van der Waals surface area (Å²) in [6, 6.07) is 47.6. The van der Waals surface area contributed by atoms with Gasteiger partial charge in [-0.15, -0.1) is 0 Å². The van der Waals surface area contributed by atoms with Crippen molar-refractivity contribution in [2.45, 2.75) is 0 Å². The van der Waals surface area contributed by atoms with E-state index >= 15 is 0 Å². The van der Waals surface area contributed by atoms with Gasteiger partial charge in [0.1, 0.15) is 0 Å². The van der Waals surface area contributed by atoms with Crippen LogP contribution < -0.4 is 0 Å². The van der Waals surface area contributed by atoms with Crippen LogP contribution in [0, 0.1) is 0 Å². The second kappa shape index (κ2) is 11.8. The second-order valence-corrected chi connectivity index (χ2v) is 9.91. The highest BCUT2D eigenvalue weighted by Crippen LogP contribution is 2.42. The largest absolute Gasteiger partial charge is 0.289 e. The number of hydrogen-bond donors (Lipinski definition) is 0. The maximum atomic E-state index is 14.5. The molecule has 0 fully saturated rings. The van der Waals surface area contributed by atoms with Crippen molar-refractivity contribution < 1.29 is 14.4 Å².